The zero-order chi connectivity index (χ0) is 12.8. The van der Waals surface area contributed by atoms with Crippen molar-refractivity contribution in [2.75, 3.05) is 24.6 Å². The molecule has 1 N–H and O–H groups in total. The van der Waals surface area contributed by atoms with Crippen molar-refractivity contribution in [3.05, 3.63) is 0 Å². The molecule has 1 unspecified atom stereocenters. The van der Waals surface area contributed by atoms with Crippen LogP contribution in [0.5, 0.6) is 0 Å². The standard InChI is InChI=1S/C14H26N2OS.ClH/c1-2-16(13-6-4-3-5-7-13)14(17)10-12-11-18-9-8-15-12;/h12-13,15H,2-11H2,1H3;1H. The molecule has 1 heterocycles. The molecule has 1 saturated carbocycles. The van der Waals surface area contributed by atoms with Crippen LogP contribution in [0.1, 0.15) is 45.4 Å². The lowest BCUT2D eigenvalue weighted by molar-refractivity contribution is -0.134. The van der Waals surface area contributed by atoms with Gasteiger partial charge in [-0.25, -0.2) is 0 Å². The number of hydrogen-bond acceptors (Lipinski definition) is 3. The van der Waals surface area contributed by atoms with Crippen LogP contribution in [0.3, 0.4) is 0 Å². The van der Waals surface area contributed by atoms with Crippen molar-refractivity contribution in [3.63, 3.8) is 0 Å². The molecule has 0 aromatic heterocycles. The SMILES string of the molecule is CCN(C(=O)CC1CSCCN1)C1CCCCC1.Cl. The van der Waals surface area contributed by atoms with E-state index in [4.69, 9.17) is 0 Å². The number of carbonyl (C=O) groups excluding carboxylic acids is 1. The summed E-state index contributed by atoms with van der Waals surface area (Å²) in [6, 6.07) is 0.918. The largest absolute Gasteiger partial charge is 0.340 e. The van der Waals surface area contributed by atoms with Crippen molar-refractivity contribution in [2.24, 2.45) is 0 Å². The third-order valence-corrected chi connectivity index (χ3v) is 5.23. The first-order valence-electron chi connectivity index (χ1n) is 7.42. The van der Waals surface area contributed by atoms with Gasteiger partial charge in [-0.15, -0.1) is 12.4 Å². The Labute approximate surface area is 127 Å². The molecule has 1 amide bonds. The summed E-state index contributed by atoms with van der Waals surface area (Å²) in [6.07, 6.45) is 7.07. The highest BCUT2D eigenvalue weighted by atomic mass is 35.5. The van der Waals surface area contributed by atoms with Gasteiger partial charge in [-0.1, -0.05) is 19.3 Å². The van der Waals surface area contributed by atoms with E-state index < -0.39 is 0 Å². The first kappa shape index (κ1) is 17.1. The molecule has 1 saturated heterocycles. The van der Waals surface area contributed by atoms with E-state index >= 15 is 0 Å². The van der Waals surface area contributed by atoms with Crippen molar-refractivity contribution >= 4 is 30.1 Å². The van der Waals surface area contributed by atoms with E-state index in [1.807, 2.05) is 11.8 Å². The summed E-state index contributed by atoms with van der Waals surface area (Å²) in [5.74, 6) is 2.64. The quantitative estimate of drug-likeness (QED) is 0.867. The predicted molar refractivity (Wildman–Crippen MR) is 85.2 cm³/mol. The van der Waals surface area contributed by atoms with Crippen LogP contribution in [-0.2, 0) is 4.79 Å². The second kappa shape index (κ2) is 9.09. The van der Waals surface area contributed by atoms with Crippen LogP contribution in [0.2, 0.25) is 0 Å². The monoisotopic (exact) mass is 306 g/mol. The van der Waals surface area contributed by atoms with Gasteiger partial charge >= 0.3 is 0 Å². The summed E-state index contributed by atoms with van der Waals surface area (Å²) in [4.78, 5) is 14.6. The molecule has 0 aromatic rings. The van der Waals surface area contributed by atoms with E-state index in [1.54, 1.807) is 0 Å². The van der Waals surface area contributed by atoms with Gasteiger partial charge in [0, 0.05) is 43.1 Å². The normalized spacial score (nSPS) is 24.6. The number of carbonyl (C=O) groups is 1. The number of halogens is 1. The van der Waals surface area contributed by atoms with Crippen molar-refractivity contribution in [3.8, 4) is 0 Å². The van der Waals surface area contributed by atoms with Crippen LogP contribution < -0.4 is 5.32 Å². The predicted octanol–water partition coefficient (Wildman–Crippen LogP) is 2.68. The first-order chi connectivity index (χ1) is 8.81. The molecule has 3 nitrogen and oxygen atoms in total. The van der Waals surface area contributed by atoms with Gasteiger partial charge in [0.1, 0.15) is 0 Å². The van der Waals surface area contributed by atoms with Gasteiger partial charge in [0.05, 0.1) is 0 Å². The molecule has 2 rings (SSSR count). The van der Waals surface area contributed by atoms with Gasteiger partial charge in [0.15, 0.2) is 0 Å². The summed E-state index contributed by atoms with van der Waals surface area (Å²) in [6.45, 7) is 4.05. The number of hydrogen-bond donors (Lipinski definition) is 1. The van der Waals surface area contributed by atoms with Gasteiger partial charge in [-0.3, -0.25) is 4.79 Å². The number of rotatable bonds is 4. The Hall–Kier alpha value is 0.0700. The van der Waals surface area contributed by atoms with E-state index in [9.17, 15) is 4.79 Å². The van der Waals surface area contributed by atoms with E-state index in [0.717, 1.165) is 18.8 Å². The van der Waals surface area contributed by atoms with Gasteiger partial charge in [-0.2, -0.15) is 11.8 Å². The van der Waals surface area contributed by atoms with Crippen LogP contribution in [0.4, 0.5) is 0 Å². The summed E-state index contributed by atoms with van der Waals surface area (Å²) in [7, 11) is 0. The average Bonchev–Trinajstić information content (AvgIpc) is 2.42. The molecule has 19 heavy (non-hydrogen) atoms. The Morgan fingerprint density at radius 1 is 1.32 bits per heavy atom. The molecule has 5 heteroatoms. The minimum absolute atomic E-state index is 0. The fraction of sp³-hybridized carbons (Fsp3) is 0.929. The second-order valence-corrected chi connectivity index (χ2v) is 6.55. The van der Waals surface area contributed by atoms with Crippen molar-refractivity contribution in [1.29, 1.82) is 0 Å². The van der Waals surface area contributed by atoms with Gasteiger partial charge in [0.2, 0.25) is 5.91 Å². The third-order valence-electron chi connectivity index (χ3n) is 4.10. The lowest BCUT2D eigenvalue weighted by atomic mass is 9.94. The van der Waals surface area contributed by atoms with Crippen molar-refractivity contribution in [2.45, 2.75) is 57.5 Å². The Balaban J connectivity index is 0.00000180. The lowest BCUT2D eigenvalue weighted by Gasteiger charge is -2.35. The number of nitrogens with zero attached hydrogens (tertiary/aromatic N) is 1. The third kappa shape index (κ3) is 5.16. The van der Waals surface area contributed by atoms with E-state index in [-0.39, 0.29) is 12.4 Å². The summed E-state index contributed by atoms with van der Waals surface area (Å²) >= 11 is 1.97. The van der Waals surface area contributed by atoms with Crippen LogP contribution in [0, 0.1) is 0 Å². The topological polar surface area (TPSA) is 32.3 Å². The van der Waals surface area contributed by atoms with E-state index in [2.05, 4.69) is 17.1 Å². The molecule has 2 aliphatic rings. The van der Waals surface area contributed by atoms with Crippen LogP contribution in [0.25, 0.3) is 0 Å². The minimum atomic E-state index is 0. The first-order valence-corrected chi connectivity index (χ1v) is 8.57. The summed E-state index contributed by atoms with van der Waals surface area (Å²) < 4.78 is 0. The summed E-state index contributed by atoms with van der Waals surface area (Å²) in [5, 5.41) is 3.46. The maximum Gasteiger partial charge on any atom is 0.224 e. The molecule has 0 aromatic carbocycles. The fourth-order valence-electron chi connectivity index (χ4n) is 3.11. The molecular formula is C14H27ClN2OS. The van der Waals surface area contributed by atoms with Crippen LogP contribution in [0.15, 0.2) is 0 Å². The van der Waals surface area contributed by atoms with Gasteiger partial charge < -0.3 is 10.2 Å². The van der Waals surface area contributed by atoms with Crippen LogP contribution in [-0.4, -0.2) is 47.5 Å². The number of nitrogens with one attached hydrogen (secondary N) is 1. The van der Waals surface area contributed by atoms with Crippen LogP contribution >= 0.6 is 24.2 Å². The molecule has 1 aliphatic heterocycles. The van der Waals surface area contributed by atoms with Gasteiger partial charge in [0.25, 0.3) is 0 Å². The molecule has 0 spiro atoms. The molecule has 1 aliphatic carbocycles. The fourth-order valence-corrected chi connectivity index (χ4v) is 4.06. The van der Waals surface area contributed by atoms with E-state index in [0.29, 0.717) is 24.4 Å². The Morgan fingerprint density at radius 2 is 2.05 bits per heavy atom. The second-order valence-electron chi connectivity index (χ2n) is 5.40. The Bertz CT molecular complexity index is 266. The lowest BCUT2D eigenvalue weighted by Crippen LogP contribution is -2.46. The van der Waals surface area contributed by atoms with E-state index in [1.165, 1.54) is 37.9 Å². The Morgan fingerprint density at radius 3 is 2.63 bits per heavy atom. The number of thioether (sulfide) groups is 1. The molecule has 112 valence electrons. The van der Waals surface area contributed by atoms with Crippen molar-refractivity contribution < 1.29 is 4.79 Å². The summed E-state index contributed by atoms with van der Waals surface area (Å²) in [5.41, 5.74) is 0. The maximum atomic E-state index is 12.4. The minimum Gasteiger partial charge on any atom is -0.340 e. The highest BCUT2D eigenvalue weighted by Gasteiger charge is 2.26. The molecule has 2 fully saturated rings. The molecule has 0 radical (unpaired) electrons. The maximum absolute atomic E-state index is 12.4. The van der Waals surface area contributed by atoms with Crippen molar-refractivity contribution in [1.82, 2.24) is 10.2 Å². The zero-order valence-corrected chi connectivity index (χ0v) is 13.5. The molecule has 1 atom stereocenters. The highest BCUT2D eigenvalue weighted by Crippen LogP contribution is 2.23. The molecular weight excluding hydrogens is 280 g/mol. The Kier molecular flexibility index (Phi) is 8.19. The average molecular weight is 307 g/mol. The van der Waals surface area contributed by atoms with Gasteiger partial charge in [-0.05, 0) is 19.8 Å². The number of amides is 1. The highest BCUT2D eigenvalue weighted by molar-refractivity contribution is 7.99. The zero-order valence-electron chi connectivity index (χ0n) is 11.9. The smallest absolute Gasteiger partial charge is 0.224 e. The molecule has 0 bridgehead atoms.